The van der Waals surface area contributed by atoms with E-state index in [2.05, 4.69) is 0 Å². The Morgan fingerprint density at radius 1 is 1.05 bits per heavy atom. The Morgan fingerprint density at radius 2 is 1.75 bits per heavy atom. The van der Waals surface area contributed by atoms with E-state index in [1.807, 2.05) is 0 Å². The summed E-state index contributed by atoms with van der Waals surface area (Å²) in [7, 11) is 0. The zero-order valence-electron chi connectivity index (χ0n) is 10.9. The quantitative estimate of drug-likeness (QED) is 0.745. The predicted molar refractivity (Wildman–Crippen MR) is 73.3 cm³/mol. The van der Waals surface area contributed by atoms with Crippen LogP contribution in [0.25, 0.3) is 11.0 Å². The summed E-state index contributed by atoms with van der Waals surface area (Å²) in [6.45, 7) is 0. The van der Waals surface area contributed by atoms with Gasteiger partial charge in [0.2, 0.25) is 11.2 Å². The van der Waals surface area contributed by atoms with Crippen molar-refractivity contribution in [2.75, 3.05) is 0 Å². The standard InChI is InChI=1S/C15H16O5/c16-9-6-10(17)12-11(7-9)20-15(14(19)13(12)18)8-4-2-1-3-5-8/h6-8,16-17,19H,1-5H2. The predicted octanol–water partition coefficient (Wildman–Crippen LogP) is 2.96. The summed E-state index contributed by atoms with van der Waals surface area (Å²) >= 11 is 0. The normalized spacial score (nSPS) is 16.6. The van der Waals surface area contributed by atoms with Gasteiger partial charge in [-0.3, -0.25) is 4.79 Å². The molecule has 20 heavy (non-hydrogen) atoms. The number of hydrogen-bond acceptors (Lipinski definition) is 5. The van der Waals surface area contributed by atoms with Crippen LogP contribution in [0.1, 0.15) is 43.8 Å². The zero-order chi connectivity index (χ0) is 14.3. The van der Waals surface area contributed by atoms with Gasteiger partial charge in [0.25, 0.3) is 0 Å². The molecule has 1 aromatic heterocycles. The SMILES string of the molecule is O=c1c(O)c(C2CCCCC2)oc2cc(O)cc(O)c12. The maximum Gasteiger partial charge on any atom is 0.238 e. The van der Waals surface area contributed by atoms with Crippen LogP contribution in [0.15, 0.2) is 21.3 Å². The van der Waals surface area contributed by atoms with Crippen LogP contribution in [-0.2, 0) is 0 Å². The number of benzene rings is 1. The fourth-order valence-corrected chi connectivity index (χ4v) is 2.93. The number of rotatable bonds is 1. The number of phenols is 2. The maximum atomic E-state index is 12.2. The third-order valence-corrected chi connectivity index (χ3v) is 3.94. The molecule has 0 aliphatic heterocycles. The highest BCUT2D eigenvalue weighted by Gasteiger charge is 2.25. The van der Waals surface area contributed by atoms with Crippen LogP contribution in [0.3, 0.4) is 0 Å². The highest BCUT2D eigenvalue weighted by Crippen LogP contribution is 2.39. The summed E-state index contributed by atoms with van der Waals surface area (Å²) in [5.41, 5.74) is -0.546. The Morgan fingerprint density at radius 3 is 2.45 bits per heavy atom. The second-order valence-corrected chi connectivity index (χ2v) is 5.32. The Kier molecular flexibility index (Phi) is 3.04. The summed E-state index contributed by atoms with van der Waals surface area (Å²) in [6.07, 6.45) is 4.96. The summed E-state index contributed by atoms with van der Waals surface area (Å²) in [5, 5.41) is 29.2. The number of fused-ring (bicyclic) bond motifs is 1. The molecule has 1 aliphatic carbocycles. The van der Waals surface area contributed by atoms with Gasteiger partial charge in [-0.25, -0.2) is 0 Å². The number of aromatic hydroxyl groups is 3. The zero-order valence-corrected chi connectivity index (χ0v) is 10.9. The van der Waals surface area contributed by atoms with Gasteiger partial charge in [-0.1, -0.05) is 19.3 Å². The minimum absolute atomic E-state index is 0.0188. The van der Waals surface area contributed by atoms with E-state index < -0.39 is 11.2 Å². The van der Waals surface area contributed by atoms with Gasteiger partial charge in [0.1, 0.15) is 22.5 Å². The molecule has 106 valence electrons. The molecule has 1 aromatic carbocycles. The number of phenolic OH excluding ortho intramolecular Hbond substituents is 2. The summed E-state index contributed by atoms with van der Waals surface area (Å²) in [4.78, 5) is 12.2. The van der Waals surface area contributed by atoms with Gasteiger partial charge in [-0.05, 0) is 12.8 Å². The first-order chi connectivity index (χ1) is 9.58. The van der Waals surface area contributed by atoms with E-state index in [1.54, 1.807) is 0 Å². The summed E-state index contributed by atoms with van der Waals surface area (Å²) in [6, 6.07) is 2.33. The first kappa shape index (κ1) is 12.8. The van der Waals surface area contributed by atoms with E-state index >= 15 is 0 Å². The van der Waals surface area contributed by atoms with Crippen LogP contribution in [0, 0.1) is 0 Å². The maximum absolute atomic E-state index is 12.2. The fraction of sp³-hybridized carbons (Fsp3) is 0.400. The monoisotopic (exact) mass is 276 g/mol. The molecule has 1 fully saturated rings. The van der Waals surface area contributed by atoms with E-state index in [0.717, 1.165) is 38.2 Å². The Bertz CT molecular complexity index is 710. The molecule has 2 aromatic rings. The Hall–Kier alpha value is -2.17. The van der Waals surface area contributed by atoms with Crippen LogP contribution in [-0.4, -0.2) is 15.3 Å². The van der Waals surface area contributed by atoms with Crippen LogP contribution in [0.5, 0.6) is 17.2 Å². The van der Waals surface area contributed by atoms with Crippen molar-refractivity contribution in [1.82, 2.24) is 0 Å². The molecular formula is C15H16O5. The lowest BCUT2D eigenvalue weighted by atomic mass is 9.87. The van der Waals surface area contributed by atoms with Crippen molar-refractivity contribution < 1.29 is 19.7 Å². The van der Waals surface area contributed by atoms with Crippen LogP contribution >= 0.6 is 0 Å². The van der Waals surface area contributed by atoms with Gasteiger partial charge in [-0.15, -0.1) is 0 Å². The van der Waals surface area contributed by atoms with Crippen LogP contribution in [0.4, 0.5) is 0 Å². The molecule has 0 bridgehead atoms. The molecule has 0 spiro atoms. The summed E-state index contributed by atoms with van der Waals surface area (Å²) < 4.78 is 5.60. The van der Waals surface area contributed by atoms with Gasteiger partial charge >= 0.3 is 0 Å². The minimum atomic E-state index is -0.649. The lowest BCUT2D eigenvalue weighted by Gasteiger charge is -2.21. The highest BCUT2D eigenvalue weighted by atomic mass is 16.4. The lowest BCUT2D eigenvalue weighted by Crippen LogP contribution is -2.10. The van der Waals surface area contributed by atoms with Gasteiger partial charge in [0.05, 0.1) is 0 Å². The summed E-state index contributed by atoms with van der Waals surface area (Å²) in [5.74, 6) is -0.708. The van der Waals surface area contributed by atoms with E-state index in [9.17, 15) is 20.1 Å². The largest absolute Gasteiger partial charge is 0.508 e. The Balaban J connectivity index is 2.24. The molecule has 0 amide bonds. The highest BCUT2D eigenvalue weighted by molar-refractivity contribution is 5.85. The third kappa shape index (κ3) is 1.99. The smallest absolute Gasteiger partial charge is 0.238 e. The van der Waals surface area contributed by atoms with Crippen molar-refractivity contribution >= 4 is 11.0 Å². The molecule has 0 atom stereocenters. The van der Waals surface area contributed by atoms with E-state index in [4.69, 9.17) is 4.42 Å². The minimum Gasteiger partial charge on any atom is -0.508 e. The van der Waals surface area contributed by atoms with Gasteiger partial charge in [0.15, 0.2) is 5.76 Å². The first-order valence-electron chi connectivity index (χ1n) is 6.79. The number of hydrogen-bond donors (Lipinski definition) is 3. The fourth-order valence-electron chi connectivity index (χ4n) is 2.93. The van der Waals surface area contributed by atoms with Crippen LogP contribution < -0.4 is 5.43 Å². The first-order valence-corrected chi connectivity index (χ1v) is 6.79. The Labute approximate surface area is 115 Å². The molecule has 3 rings (SSSR count). The molecule has 1 heterocycles. The second-order valence-electron chi connectivity index (χ2n) is 5.32. The lowest BCUT2D eigenvalue weighted by molar-refractivity contribution is 0.345. The third-order valence-electron chi connectivity index (χ3n) is 3.94. The average molecular weight is 276 g/mol. The van der Waals surface area contributed by atoms with Gasteiger partial charge < -0.3 is 19.7 Å². The molecule has 1 saturated carbocycles. The van der Waals surface area contributed by atoms with E-state index in [0.29, 0.717) is 0 Å². The molecule has 0 saturated heterocycles. The molecular weight excluding hydrogens is 260 g/mol. The van der Waals surface area contributed by atoms with E-state index in [1.165, 1.54) is 6.07 Å². The molecule has 0 radical (unpaired) electrons. The molecule has 5 heteroatoms. The van der Waals surface area contributed by atoms with Crippen molar-refractivity contribution in [3.05, 3.63) is 28.1 Å². The second kappa shape index (κ2) is 4.74. The molecule has 3 N–H and O–H groups in total. The van der Waals surface area contributed by atoms with Crippen molar-refractivity contribution in [1.29, 1.82) is 0 Å². The molecule has 1 aliphatic rings. The average Bonchev–Trinajstić information content (AvgIpc) is 2.43. The van der Waals surface area contributed by atoms with Crippen LogP contribution in [0.2, 0.25) is 0 Å². The molecule has 0 unspecified atom stereocenters. The molecule has 5 nitrogen and oxygen atoms in total. The topological polar surface area (TPSA) is 90.9 Å². The van der Waals surface area contributed by atoms with Crippen molar-refractivity contribution in [3.63, 3.8) is 0 Å². The van der Waals surface area contributed by atoms with Crippen molar-refractivity contribution in [3.8, 4) is 17.2 Å². The van der Waals surface area contributed by atoms with Crippen molar-refractivity contribution in [2.45, 2.75) is 38.0 Å². The van der Waals surface area contributed by atoms with Gasteiger partial charge in [0, 0.05) is 18.1 Å². The van der Waals surface area contributed by atoms with Crippen molar-refractivity contribution in [2.24, 2.45) is 0 Å². The van der Waals surface area contributed by atoms with E-state index in [-0.39, 0.29) is 34.1 Å². The van der Waals surface area contributed by atoms with Gasteiger partial charge in [-0.2, -0.15) is 0 Å².